The molecule has 1 amide bonds. The molecule has 0 saturated heterocycles. The van der Waals surface area contributed by atoms with Crippen LogP contribution in [0.25, 0.3) is 0 Å². The number of esters is 1. The third kappa shape index (κ3) is 4.91. The number of amides is 1. The monoisotopic (exact) mass is 387 g/mol. The number of hydrogen-bond acceptors (Lipinski definition) is 3. The summed E-state index contributed by atoms with van der Waals surface area (Å²) in [5.41, 5.74) is 5.81. The first-order valence-electron chi connectivity index (χ1n) is 9.56. The molecular formula is C25H25NO3. The minimum Gasteiger partial charge on any atom is -0.444 e. The highest BCUT2D eigenvalue weighted by atomic mass is 16.5. The van der Waals surface area contributed by atoms with E-state index in [1.807, 2.05) is 70.2 Å². The summed E-state index contributed by atoms with van der Waals surface area (Å²) in [6.45, 7) is 7.81. The minimum atomic E-state index is -1.05. The lowest BCUT2D eigenvalue weighted by molar-refractivity contribution is -0.125. The summed E-state index contributed by atoms with van der Waals surface area (Å²) in [6.07, 6.45) is -1.05. The van der Waals surface area contributed by atoms with Crippen molar-refractivity contribution in [3.63, 3.8) is 0 Å². The maximum atomic E-state index is 13.1. The van der Waals surface area contributed by atoms with Crippen molar-refractivity contribution in [1.29, 1.82) is 0 Å². The molecule has 148 valence electrons. The Balaban J connectivity index is 1.88. The molecule has 0 aliphatic carbocycles. The number of benzene rings is 3. The van der Waals surface area contributed by atoms with Gasteiger partial charge in [-0.1, -0.05) is 48.5 Å². The van der Waals surface area contributed by atoms with E-state index in [1.165, 1.54) is 0 Å². The molecule has 3 rings (SSSR count). The number of carbonyl (C=O) groups excluding carboxylic acids is 2. The van der Waals surface area contributed by atoms with E-state index in [-0.39, 0.29) is 5.91 Å². The van der Waals surface area contributed by atoms with Gasteiger partial charge in [-0.05, 0) is 68.1 Å². The molecule has 0 aliphatic heterocycles. The minimum absolute atomic E-state index is 0.387. The van der Waals surface area contributed by atoms with E-state index < -0.39 is 12.1 Å². The van der Waals surface area contributed by atoms with Crippen LogP contribution in [-0.2, 0) is 9.53 Å². The van der Waals surface area contributed by atoms with Crippen molar-refractivity contribution < 1.29 is 14.3 Å². The van der Waals surface area contributed by atoms with E-state index in [9.17, 15) is 9.59 Å². The molecular weight excluding hydrogens is 362 g/mol. The molecule has 0 fully saturated rings. The van der Waals surface area contributed by atoms with Crippen molar-refractivity contribution in [2.24, 2.45) is 0 Å². The van der Waals surface area contributed by atoms with Gasteiger partial charge in [0.25, 0.3) is 5.91 Å². The molecule has 0 saturated carbocycles. The molecule has 1 atom stereocenters. The van der Waals surface area contributed by atoms with Crippen LogP contribution in [0.2, 0.25) is 0 Å². The number of nitrogens with one attached hydrogen (secondary N) is 1. The van der Waals surface area contributed by atoms with E-state index in [2.05, 4.69) is 5.32 Å². The normalized spacial score (nSPS) is 11.6. The molecule has 29 heavy (non-hydrogen) atoms. The van der Waals surface area contributed by atoms with Crippen LogP contribution in [0.1, 0.15) is 44.3 Å². The first-order chi connectivity index (χ1) is 13.8. The zero-order valence-corrected chi connectivity index (χ0v) is 17.2. The van der Waals surface area contributed by atoms with Crippen molar-refractivity contribution in [2.75, 3.05) is 5.32 Å². The van der Waals surface area contributed by atoms with Crippen LogP contribution in [0.4, 0.5) is 5.69 Å². The maximum Gasteiger partial charge on any atom is 0.339 e. The largest absolute Gasteiger partial charge is 0.444 e. The van der Waals surface area contributed by atoms with Gasteiger partial charge in [-0.15, -0.1) is 0 Å². The topological polar surface area (TPSA) is 55.4 Å². The summed E-state index contributed by atoms with van der Waals surface area (Å²) >= 11 is 0. The fourth-order valence-electron chi connectivity index (χ4n) is 3.01. The summed E-state index contributed by atoms with van der Waals surface area (Å²) in [7, 11) is 0. The Labute approximate surface area is 171 Å². The lowest BCUT2D eigenvalue weighted by atomic mass is 10.1. The standard InChI is InChI=1S/C25H25NO3/c1-16-10-11-18(3)22(14-16)26-24(27)23(20-8-6-5-7-9-20)29-25(28)21-13-12-17(2)19(4)15-21/h5-15,23H,1-4H3,(H,26,27)/t23-/m0/s1. The van der Waals surface area contributed by atoms with E-state index in [0.717, 1.165) is 22.3 Å². The van der Waals surface area contributed by atoms with Gasteiger partial charge in [-0.3, -0.25) is 4.79 Å². The lowest BCUT2D eigenvalue weighted by Crippen LogP contribution is -2.26. The summed E-state index contributed by atoms with van der Waals surface area (Å²) in [5, 5.41) is 2.91. The summed E-state index contributed by atoms with van der Waals surface area (Å²) in [5.74, 6) is -0.917. The van der Waals surface area contributed by atoms with Gasteiger partial charge in [-0.2, -0.15) is 0 Å². The number of rotatable bonds is 5. The zero-order valence-electron chi connectivity index (χ0n) is 17.2. The van der Waals surface area contributed by atoms with Crippen LogP contribution in [0.3, 0.4) is 0 Å². The molecule has 0 spiro atoms. The smallest absolute Gasteiger partial charge is 0.339 e. The summed E-state index contributed by atoms with van der Waals surface area (Å²) < 4.78 is 5.67. The third-order valence-corrected chi connectivity index (χ3v) is 4.96. The fraction of sp³-hybridized carbons (Fsp3) is 0.200. The van der Waals surface area contributed by atoms with Crippen LogP contribution >= 0.6 is 0 Å². The second-order valence-corrected chi connectivity index (χ2v) is 7.30. The zero-order chi connectivity index (χ0) is 21.0. The van der Waals surface area contributed by atoms with Crippen LogP contribution in [0.5, 0.6) is 0 Å². The van der Waals surface area contributed by atoms with Gasteiger partial charge >= 0.3 is 5.97 Å². The van der Waals surface area contributed by atoms with E-state index in [0.29, 0.717) is 16.8 Å². The fourth-order valence-corrected chi connectivity index (χ4v) is 3.01. The molecule has 4 nitrogen and oxygen atoms in total. The van der Waals surface area contributed by atoms with Gasteiger partial charge in [0.05, 0.1) is 5.56 Å². The second kappa shape index (κ2) is 8.74. The van der Waals surface area contributed by atoms with Crippen LogP contribution in [-0.4, -0.2) is 11.9 Å². The predicted octanol–water partition coefficient (Wildman–Crippen LogP) is 5.46. The average molecular weight is 387 g/mol. The number of aryl methyl sites for hydroxylation is 4. The van der Waals surface area contributed by atoms with Crippen molar-refractivity contribution in [2.45, 2.75) is 33.8 Å². The molecule has 4 heteroatoms. The van der Waals surface area contributed by atoms with E-state index in [1.54, 1.807) is 24.3 Å². The van der Waals surface area contributed by atoms with Gasteiger partial charge in [0.2, 0.25) is 6.10 Å². The molecule has 1 N–H and O–H groups in total. The van der Waals surface area contributed by atoms with E-state index in [4.69, 9.17) is 4.74 Å². The highest BCUT2D eigenvalue weighted by Crippen LogP contribution is 2.24. The number of anilines is 1. The Bertz CT molecular complexity index is 1040. The molecule has 3 aromatic carbocycles. The van der Waals surface area contributed by atoms with Crippen LogP contribution in [0, 0.1) is 27.7 Å². The lowest BCUT2D eigenvalue weighted by Gasteiger charge is -2.19. The number of ether oxygens (including phenoxy) is 1. The molecule has 3 aromatic rings. The van der Waals surface area contributed by atoms with Crippen molar-refractivity contribution in [1.82, 2.24) is 0 Å². The Hall–Kier alpha value is -3.40. The first kappa shape index (κ1) is 20.3. The van der Waals surface area contributed by atoms with Crippen molar-refractivity contribution in [3.05, 3.63) is 100 Å². The average Bonchev–Trinajstić information content (AvgIpc) is 2.71. The van der Waals surface area contributed by atoms with Gasteiger partial charge in [-0.25, -0.2) is 4.79 Å². The van der Waals surface area contributed by atoms with E-state index >= 15 is 0 Å². The molecule has 0 bridgehead atoms. The Morgan fingerprint density at radius 1 is 0.793 bits per heavy atom. The molecule has 0 aliphatic rings. The summed E-state index contributed by atoms with van der Waals surface area (Å²) in [6, 6.07) is 20.3. The Morgan fingerprint density at radius 3 is 2.17 bits per heavy atom. The number of hydrogen-bond donors (Lipinski definition) is 1. The highest BCUT2D eigenvalue weighted by Gasteiger charge is 2.26. The Kier molecular flexibility index (Phi) is 6.13. The molecule has 0 aromatic heterocycles. The SMILES string of the molecule is Cc1ccc(C)c(NC(=O)[C@@H](OC(=O)c2ccc(C)c(C)c2)c2ccccc2)c1. The van der Waals surface area contributed by atoms with Gasteiger partial charge in [0.1, 0.15) is 0 Å². The molecule has 0 radical (unpaired) electrons. The highest BCUT2D eigenvalue weighted by molar-refractivity contribution is 5.98. The van der Waals surface area contributed by atoms with Crippen LogP contribution < -0.4 is 5.32 Å². The quantitative estimate of drug-likeness (QED) is 0.592. The van der Waals surface area contributed by atoms with Crippen LogP contribution in [0.15, 0.2) is 66.7 Å². The number of carbonyl (C=O) groups is 2. The third-order valence-electron chi connectivity index (χ3n) is 4.96. The molecule has 0 heterocycles. The summed E-state index contributed by atoms with van der Waals surface area (Å²) in [4.78, 5) is 25.8. The maximum absolute atomic E-state index is 13.1. The predicted molar refractivity (Wildman–Crippen MR) is 115 cm³/mol. The first-order valence-corrected chi connectivity index (χ1v) is 9.56. The van der Waals surface area contributed by atoms with Crippen molar-refractivity contribution in [3.8, 4) is 0 Å². The van der Waals surface area contributed by atoms with Gasteiger partial charge in [0.15, 0.2) is 0 Å². The second-order valence-electron chi connectivity index (χ2n) is 7.30. The van der Waals surface area contributed by atoms with Crippen molar-refractivity contribution >= 4 is 17.6 Å². The Morgan fingerprint density at radius 2 is 1.48 bits per heavy atom. The van der Waals surface area contributed by atoms with Gasteiger partial charge in [0, 0.05) is 11.3 Å². The molecule has 0 unspecified atom stereocenters. The van der Waals surface area contributed by atoms with Gasteiger partial charge < -0.3 is 10.1 Å².